The van der Waals surface area contributed by atoms with Gasteiger partial charge in [-0.25, -0.2) is 13.3 Å². The van der Waals surface area contributed by atoms with E-state index in [1.54, 1.807) is 36.4 Å². The van der Waals surface area contributed by atoms with Gasteiger partial charge in [-0.05, 0) is 78.8 Å². The molecule has 6 nitrogen and oxygen atoms in total. The van der Waals surface area contributed by atoms with E-state index < -0.39 is 22.0 Å². The topological polar surface area (TPSA) is 74.8 Å². The standard InChI is InChI=1S/C22H23IN2O4S/c1-15-6-12-19(13-7-15)30(28,29)25(18-4-2-3-5-18)20-14-21(26)24(22(20)27)17-10-8-16(23)9-11-17/h6-13,18,20H,2-5,14H2,1H3. The molecule has 2 aromatic carbocycles. The second kappa shape index (κ2) is 8.39. The van der Waals surface area contributed by atoms with Crippen LogP contribution in [0.5, 0.6) is 0 Å². The molecule has 2 fully saturated rings. The Hall–Kier alpha value is -1.78. The minimum absolute atomic E-state index is 0.133. The zero-order valence-electron chi connectivity index (χ0n) is 16.6. The lowest BCUT2D eigenvalue weighted by Gasteiger charge is -2.32. The predicted octanol–water partition coefficient (Wildman–Crippen LogP) is 3.87. The molecule has 0 bridgehead atoms. The summed E-state index contributed by atoms with van der Waals surface area (Å²) in [6, 6.07) is 12.4. The molecule has 2 amide bonds. The Morgan fingerprint density at radius 2 is 1.57 bits per heavy atom. The number of benzene rings is 2. The van der Waals surface area contributed by atoms with E-state index in [1.807, 2.05) is 19.1 Å². The molecular weight excluding hydrogens is 515 g/mol. The van der Waals surface area contributed by atoms with E-state index in [4.69, 9.17) is 0 Å². The van der Waals surface area contributed by atoms with Gasteiger partial charge in [0.25, 0.3) is 5.91 Å². The number of halogens is 1. The second-order valence-electron chi connectivity index (χ2n) is 7.85. The number of amides is 2. The van der Waals surface area contributed by atoms with E-state index in [0.717, 1.165) is 26.9 Å². The number of carbonyl (C=O) groups excluding carboxylic acids is 2. The Labute approximate surface area is 190 Å². The Kier molecular flexibility index (Phi) is 6.00. The SMILES string of the molecule is Cc1ccc(S(=O)(=O)N(C2CCCC2)C2CC(=O)N(c3ccc(I)cc3)C2=O)cc1. The summed E-state index contributed by atoms with van der Waals surface area (Å²) in [7, 11) is -3.92. The zero-order valence-corrected chi connectivity index (χ0v) is 19.6. The fraction of sp³-hybridized carbons (Fsp3) is 0.364. The van der Waals surface area contributed by atoms with E-state index >= 15 is 0 Å². The highest BCUT2D eigenvalue weighted by atomic mass is 127. The smallest absolute Gasteiger partial charge is 0.252 e. The quantitative estimate of drug-likeness (QED) is 0.428. The van der Waals surface area contributed by atoms with Gasteiger partial charge in [-0.2, -0.15) is 4.31 Å². The highest BCUT2D eigenvalue weighted by molar-refractivity contribution is 14.1. The maximum atomic E-state index is 13.6. The molecule has 1 aliphatic carbocycles. The van der Waals surface area contributed by atoms with Gasteiger partial charge < -0.3 is 0 Å². The van der Waals surface area contributed by atoms with Crippen LogP contribution in [0.3, 0.4) is 0 Å². The molecule has 4 rings (SSSR count). The lowest BCUT2D eigenvalue weighted by Crippen LogP contribution is -2.49. The third kappa shape index (κ3) is 3.92. The van der Waals surface area contributed by atoms with E-state index in [0.29, 0.717) is 18.5 Å². The maximum Gasteiger partial charge on any atom is 0.252 e. The van der Waals surface area contributed by atoms with E-state index in [-0.39, 0.29) is 23.3 Å². The number of rotatable bonds is 5. The molecule has 1 unspecified atom stereocenters. The molecule has 0 N–H and O–H groups in total. The summed E-state index contributed by atoms with van der Waals surface area (Å²) in [5, 5.41) is 0. The molecule has 1 saturated carbocycles. The second-order valence-corrected chi connectivity index (χ2v) is 10.9. The number of hydrogen-bond donors (Lipinski definition) is 0. The van der Waals surface area contributed by atoms with Gasteiger partial charge in [0.05, 0.1) is 17.0 Å². The molecule has 0 aromatic heterocycles. The Balaban J connectivity index is 1.73. The van der Waals surface area contributed by atoms with Gasteiger partial charge >= 0.3 is 0 Å². The van der Waals surface area contributed by atoms with Gasteiger partial charge in [0.1, 0.15) is 6.04 Å². The molecule has 0 radical (unpaired) electrons. The summed E-state index contributed by atoms with van der Waals surface area (Å²) in [4.78, 5) is 27.4. The maximum absolute atomic E-state index is 13.6. The monoisotopic (exact) mass is 538 g/mol. The van der Waals surface area contributed by atoms with Crippen LogP contribution in [0.15, 0.2) is 53.4 Å². The lowest BCUT2D eigenvalue weighted by atomic mass is 10.2. The fourth-order valence-corrected chi connectivity index (χ4v) is 6.47. The summed E-state index contributed by atoms with van der Waals surface area (Å²) in [5.41, 5.74) is 1.44. The number of aryl methyl sites for hydroxylation is 1. The van der Waals surface area contributed by atoms with Crippen LogP contribution in [0.25, 0.3) is 0 Å². The van der Waals surface area contributed by atoms with E-state index in [9.17, 15) is 18.0 Å². The number of sulfonamides is 1. The number of hydrogen-bond acceptors (Lipinski definition) is 4. The molecule has 8 heteroatoms. The van der Waals surface area contributed by atoms with Crippen LogP contribution in [0.4, 0.5) is 5.69 Å². The van der Waals surface area contributed by atoms with Gasteiger partial charge in [0.2, 0.25) is 15.9 Å². The minimum atomic E-state index is -3.92. The molecule has 1 saturated heterocycles. The first-order valence-electron chi connectivity index (χ1n) is 10.0. The molecular formula is C22H23IN2O4S. The van der Waals surface area contributed by atoms with Crippen LogP contribution in [-0.2, 0) is 19.6 Å². The van der Waals surface area contributed by atoms with Gasteiger partial charge in [-0.3, -0.25) is 9.59 Å². The molecule has 1 aliphatic heterocycles. The minimum Gasteiger partial charge on any atom is -0.274 e. The first-order chi connectivity index (χ1) is 14.3. The molecule has 1 atom stereocenters. The zero-order chi connectivity index (χ0) is 21.5. The van der Waals surface area contributed by atoms with Crippen molar-refractivity contribution in [3.63, 3.8) is 0 Å². The number of imide groups is 1. The Morgan fingerprint density at radius 3 is 2.17 bits per heavy atom. The van der Waals surface area contributed by atoms with Gasteiger partial charge in [0, 0.05) is 9.61 Å². The van der Waals surface area contributed by atoms with Crippen LogP contribution in [0, 0.1) is 10.5 Å². The molecule has 0 spiro atoms. The third-order valence-corrected chi connectivity index (χ3v) is 8.49. The van der Waals surface area contributed by atoms with Crippen LogP contribution in [-0.4, -0.2) is 36.6 Å². The summed E-state index contributed by atoms with van der Waals surface area (Å²) < 4.78 is 29.5. The van der Waals surface area contributed by atoms with E-state index in [1.165, 1.54) is 4.31 Å². The number of carbonyl (C=O) groups is 2. The first-order valence-corrected chi connectivity index (χ1v) is 12.5. The predicted molar refractivity (Wildman–Crippen MR) is 123 cm³/mol. The molecule has 2 aromatic rings. The van der Waals surface area contributed by atoms with Crippen molar-refractivity contribution in [1.82, 2.24) is 4.31 Å². The lowest BCUT2D eigenvalue weighted by molar-refractivity contribution is -0.122. The Morgan fingerprint density at radius 1 is 0.967 bits per heavy atom. The summed E-state index contributed by atoms with van der Waals surface area (Å²) >= 11 is 2.15. The Bertz CT molecular complexity index is 1060. The van der Waals surface area contributed by atoms with Crippen molar-refractivity contribution in [3.8, 4) is 0 Å². The van der Waals surface area contributed by atoms with Crippen molar-refractivity contribution in [2.24, 2.45) is 0 Å². The van der Waals surface area contributed by atoms with Crippen molar-refractivity contribution in [1.29, 1.82) is 0 Å². The van der Waals surface area contributed by atoms with Crippen molar-refractivity contribution in [2.75, 3.05) is 4.90 Å². The summed E-state index contributed by atoms with van der Waals surface area (Å²) in [6.07, 6.45) is 3.10. The normalized spacial score (nSPS) is 20.5. The van der Waals surface area contributed by atoms with Crippen LogP contribution >= 0.6 is 22.6 Å². The molecule has 2 aliphatic rings. The third-order valence-electron chi connectivity index (χ3n) is 5.80. The largest absolute Gasteiger partial charge is 0.274 e. The van der Waals surface area contributed by atoms with Crippen LogP contribution in [0.2, 0.25) is 0 Å². The highest BCUT2D eigenvalue weighted by Gasteiger charge is 2.49. The van der Waals surface area contributed by atoms with Crippen LogP contribution in [0.1, 0.15) is 37.7 Å². The summed E-state index contributed by atoms with van der Waals surface area (Å²) in [5.74, 6) is -0.836. The molecule has 1 heterocycles. The van der Waals surface area contributed by atoms with Crippen molar-refractivity contribution < 1.29 is 18.0 Å². The number of nitrogens with zero attached hydrogens (tertiary/aromatic N) is 2. The van der Waals surface area contributed by atoms with Crippen molar-refractivity contribution in [3.05, 3.63) is 57.7 Å². The van der Waals surface area contributed by atoms with Crippen molar-refractivity contribution >= 4 is 50.1 Å². The van der Waals surface area contributed by atoms with Gasteiger partial charge in [-0.1, -0.05) is 30.5 Å². The average molecular weight is 538 g/mol. The summed E-state index contributed by atoms with van der Waals surface area (Å²) in [6.45, 7) is 1.89. The van der Waals surface area contributed by atoms with Gasteiger partial charge in [-0.15, -0.1) is 0 Å². The number of anilines is 1. The van der Waals surface area contributed by atoms with Crippen molar-refractivity contribution in [2.45, 2.75) is 56.0 Å². The van der Waals surface area contributed by atoms with Gasteiger partial charge in [0.15, 0.2) is 0 Å². The average Bonchev–Trinajstić information content (AvgIpc) is 3.32. The molecule has 158 valence electrons. The highest BCUT2D eigenvalue weighted by Crippen LogP contribution is 2.35. The fourth-order valence-electron chi connectivity index (χ4n) is 4.29. The first kappa shape index (κ1) is 21.5. The molecule has 30 heavy (non-hydrogen) atoms. The van der Waals surface area contributed by atoms with E-state index in [2.05, 4.69) is 22.6 Å². The van der Waals surface area contributed by atoms with Crippen LogP contribution < -0.4 is 4.90 Å².